The lowest BCUT2D eigenvalue weighted by Crippen LogP contribution is -2.04. The van der Waals surface area contributed by atoms with Gasteiger partial charge in [0.15, 0.2) is 0 Å². The Morgan fingerprint density at radius 2 is 1.21 bits per heavy atom. The third-order valence-electron chi connectivity index (χ3n) is 3.99. The summed E-state index contributed by atoms with van der Waals surface area (Å²) >= 11 is 0. The van der Waals surface area contributed by atoms with Crippen LogP contribution >= 0.6 is 0 Å². The summed E-state index contributed by atoms with van der Waals surface area (Å²) in [7, 11) is 0. The zero-order chi connectivity index (χ0) is 21.4. The SMILES string of the molecule is CCCCC/C=C(\C/C=C(\C/C=C(\CCCCC=O)[N+](=O)[O-])[N+](=O)[O-])[N+](=O)[O-]. The topological polar surface area (TPSA) is 146 Å². The molecule has 0 aliphatic carbocycles. The van der Waals surface area contributed by atoms with E-state index in [1.165, 1.54) is 6.08 Å². The van der Waals surface area contributed by atoms with Crippen LogP contribution in [0.4, 0.5) is 0 Å². The standard InChI is InChI=1S/C18H27N3O7/c1-2-3-4-6-9-16(19(23)24)11-13-18(21(27)28)14-12-17(20(25)26)10-7-5-8-15-22/h9,12-13,15H,2-8,10-11,14H2,1H3/b16-9+,17-12+,18-13+. The van der Waals surface area contributed by atoms with E-state index in [0.29, 0.717) is 25.7 Å². The van der Waals surface area contributed by atoms with Gasteiger partial charge in [-0.3, -0.25) is 30.3 Å². The maximum absolute atomic E-state index is 11.2. The van der Waals surface area contributed by atoms with Crippen molar-refractivity contribution < 1.29 is 19.6 Å². The molecule has 0 saturated carbocycles. The summed E-state index contributed by atoms with van der Waals surface area (Å²) in [5.41, 5.74) is -0.611. The van der Waals surface area contributed by atoms with Gasteiger partial charge in [0.25, 0.3) is 0 Å². The van der Waals surface area contributed by atoms with Crippen LogP contribution in [-0.2, 0) is 4.79 Å². The van der Waals surface area contributed by atoms with E-state index in [-0.39, 0.29) is 36.4 Å². The summed E-state index contributed by atoms with van der Waals surface area (Å²) in [6.45, 7) is 2.01. The summed E-state index contributed by atoms with van der Waals surface area (Å²) in [5, 5.41) is 33.3. The molecular formula is C18H27N3O7. The molecule has 156 valence electrons. The molecule has 0 atom stereocenters. The second kappa shape index (κ2) is 15.2. The van der Waals surface area contributed by atoms with Gasteiger partial charge in [0.2, 0.25) is 17.1 Å². The van der Waals surface area contributed by atoms with Gasteiger partial charge in [-0.05, 0) is 43.9 Å². The highest BCUT2D eigenvalue weighted by atomic mass is 16.6. The summed E-state index contributed by atoms with van der Waals surface area (Å²) in [6, 6.07) is 0. The molecule has 0 radical (unpaired) electrons. The number of aldehydes is 1. The van der Waals surface area contributed by atoms with Crippen molar-refractivity contribution in [3.63, 3.8) is 0 Å². The monoisotopic (exact) mass is 397 g/mol. The van der Waals surface area contributed by atoms with Gasteiger partial charge in [-0.1, -0.05) is 19.8 Å². The first-order valence-corrected chi connectivity index (χ1v) is 9.27. The lowest BCUT2D eigenvalue weighted by molar-refractivity contribution is -0.434. The van der Waals surface area contributed by atoms with Crippen LogP contribution < -0.4 is 0 Å². The second-order valence-electron chi connectivity index (χ2n) is 6.17. The van der Waals surface area contributed by atoms with Crippen LogP contribution in [0.1, 0.15) is 71.1 Å². The fourth-order valence-corrected chi connectivity index (χ4v) is 2.37. The Labute approximate surface area is 163 Å². The average molecular weight is 397 g/mol. The Bertz CT molecular complexity index is 639. The molecule has 0 aliphatic heterocycles. The molecule has 0 amide bonds. The molecule has 0 aromatic rings. The summed E-state index contributed by atoms with van der Waals surface area (Å²) in [6.07, 6.45) is 8.57. The molecule has 0 spiro atoms. The molecule has 10 heteroatoms. The van der Waals surface area contributed by atoms with Crippen LogP contribution in [0.2, 0.25) is 0 Å². The molecule has 0 aliphatic rings. The highest BCUT2D eigenvalue weighted by Crippen LogP contribution is 2.16. The smallest absolute Gasteiger partial charge is 0.246 e. The number of rotatable bonds is 16. The van der Waals surface area contributed by atoms with Crippen LogP contribution in [0.15, 0.2) is 35.3 Å². The van der Waals surface area contributed by atoms with E-state index in [2.05, 4.69) is 0 Å². The molecule has 0 fully saturated rings. The first-order valence-electron chi connectivity index (χ1n) is 9.27. The van der Waals surface area contributed by atoms with Crippen LogP contribution in [0.3, 0.4) is 0 Å². The fraction of sp³-hybridized carbons (Fsp3) is 0.611. The fourth-order valence-electron chi connectivity index (χ4n) is 2.37. The maximum Gasteiger partial charge on any atom is 0.246 e. The third kappa shape index (κ3) is 11.7. The highest BCUT2D eigenvalue weighted by molar-refractivity contribution is 5.48. The van der Waals surface area contributed by atoms with Crippen molar-refractivity contribution >= 4 is 6.29 Å². The van der Waals surface area contributed by atoms with Crippen LogP contribution in [0, 0.1) is 30.3 Å². The number of hydrogen-bond donors (Lipinski definition) is 0. The van der Waals surface area contributed by atoms with E-state index in [4.69, 9.17) is 0 Å². The molecule has 0 heterocycles. The predicted octanol–water partition coefficient (Wildman–Crippen LogP) is 4.59. The van der Waals surface area contributed by atoms with E-state index in [0.717, 1.165) is 37.7 Å². The first-order chi connectivity index (χ1) is 13.3. The van der Waals surface area contributed by atoms with Crippen molar-refractivity contribution in [2.75, 3.05) is 0 Å². The molecular weight excluding hydrogens is 370 g/mol. The van der Waals surface area contributed by atoms with Gasteiger partial charge in [0.05, 0.1) is 27.6 Å². The molecule has 0 unspecified atom stereocenters. The van der Waals surface area contributed by atoms with Gasteiger partial charge in [0.1, 0.15) is 6.29 Å². The van der Waals surface area contributed by atoms with Crippen molar-refractivity contribution in [2.24, 2.45) is 0 Å². The number of allylic oxidation sites excluding steroid dienone is 4. The number of unbranched alkanes of at least 4 members (excludes halogenated alkanes) is 5. The maximum atomic E-state index is 11.2. The molecule has 0 N–H and O–H groups in total. The lowest BCUT2D eigenvalue weighted by atomic mass is 10.1. The zero-order valence-electron chi connectivity index (χ0n) is 16.1. The van der Waals surface area contributed by atoms with Gasteiger partial charge in [-0.15, -0.1) is 0 Å². The molecule has 0 aromatic carbocycles. The van der Waals surface area contributed by atoms with Gasteiger partial charge in [-0.25, -0.2) is 0 Å². The normalized spacial score (nSPS) is 12.7. The number of carbonyl (C=O) groups excluding carboxylic acids is 1. The summed E-state index contributed by atoms with van der Waals surface area (Å²) in [5.74, 6) is 0. The van der Waals surface area contributed by atoms with Crippen LogP contribution in [0.25, 0.3) is 0 Å². The van der Waals surface area contributed by atoms with Crippen molar-refractivity contribution in [1.29, 1.82) is 0 Å². The Hall–Kier alpha value is -2.91. The van der Waals surface area contributed by atoms with Crippen molar-refractivity contribution in [3.8, 4) is 0 Å². The van der Waals surface area contributed by atoms with Gasteiger partial charge in [-0.2, -0.15) is 0 Å². The van der Waals surface area contributed by atoms with Crippen molar-refractivity contribution in [2.45, 2.75) is 71.1 Å². The second-order valence-corrected chi connectivity index (χ2v) is 6.17. The summed E-state index contributed by atoms with van der Waals surface area (Å²) < 4.78 is 0. The number of hydrogen-bond acceptors (Lipinski definition) is 7. The highest BCUT2D eigenvalue weighted by Gasteiger charge is 2.17. The average Bonchev–Trinajstić information content (AvgIpc) is 2.63. The van der Waals surface area contributed by atoms with Gasteiger partial charge < -0.3 is 4.79 Å². The minimum Gasteiger partial charge on any atom is -0.303 e. The van der Waals surface area contributed by atoms with Crippen molar-refractivity contribution in [3.05, 3.63) is 65.7 Å². The lowest BCUT2D eigenvalue weighted by Gasteiger charge is -1.99. The molecule has 0 bridgehead atoms. The summed E-state index contributed by atoms with van der Waals surface area (Å²) in [4.78, 5) is 41.7. The van der Waals surface area contributed by atoms with Crippen molar-refractivity contribution in [1.82, 2.24) is 0 Å². The van der Waals surface area contributed by atoms with E-state index in [1.54, 1.807) is 0 Å². The molecule has 0 rings (SSSR count). The number of carbonyl (C=O) groups is 1. The zero-order valence-corrected chi connectivity index (χ0v) is 16.1. The first kappa shape index (κ1) is 25.1. The largest absolute Gasteiger partial charge is 0.303 e. The van der Waals surface area contributed by atoms with Gasteiger partial charge in [0, 0.05) is 12.8 Å². The molecule has 28 heavy (non-hydrogen) atoms. The quantitative estimate of drug-likeness (QED) is 0.160. The Morgan fingerprint density at radius 1 is 0.714 bits per heavy atom. The van der Waals surface area contributed by atoms with Crippen LogP contribution in [0.5, 0.6) is 0 Å². The third-order valence-corrected chi connectivity index (χ3v) is 3.99. The molecule has 0 saturated heterocycles. The molecule has 0 aromatic heterocycles. The number of nitrogens with zero attached hydrogens (tertiary/aromatic N) is 3. The minimum absolute atomic E-state index is 0.101. The van der Waals surface area contributed by atoms with E-state index in [1.807, 2.05) is 6.92 Å². The Kier molecular flexibility index (Phi) is 13.6. The van der Waals surface area contributed by atoms with E-state index >= 15 is 0 Å². The molecule has 10 nitrogen and oxygen atoms in total. The van der Waals surface area contributed by atoms with Crippen LogP contribution in [-0.4, -0.2) is 21.1 Å². The Balaban J connectivity index is 5.09. The minimum atomic E-state index is -0.685. The predicted molar refractivity (Wildman–Crippen MR) is 103 cm³/mol. The van der Waals surface area contributed by atoms with E-state index in [9.17, 15) is 35.1 Å². The Morgan fingerprint density at radius 3 is 1.71 bits per heavy atom. The van der Waals surface area contributed by atoms with E-state index < -0.39 is 14.8 Å². The van der Waals surface area contributed by atoms with Gasteiger partial charge >= 0.3 is 0 Å². The number of nitro groups is 3.